The predicted octanol–water partition coefficient (Wildman–Crippen LogP) is 5.32. The van der Waals surface area contributed by atoms with E-state index in [-0.39, 0.29) is 5.43 Å². The second-order valence-corrected chi connectivity index (χ2v) is 8.00. The molecule has 0 N–H and O–H groups in total. The smallest absolute Gasteiger partial charge is 0.193 e. The van der Waals surface area contributed by atoms with E-state index in [4.69, 9.17) is 30.2 Å². The fourth-order valence-corrected chi connectivity index (χ4v) is 4.16. The highest BCUT2D eigenvalue weighted by Gasteiger charge is 2.24. The lowest BCUT2D eigenvalue weighted by Crippen LogP contribution is -2.15. The lowest BCUT2D eigenvalue weighted by Gasteiger charge is -2.13. The van der Waals surface area contributed by atoms with Gasteiger partial charge in [0.25, 0.3) is 0 Å². The standard InChI is InChI=1S/C24H25ClO5/c1-27-15-16-5-8-19(13-16)29-12-11-28-18-9-6-17(7-10-18)23-14-22(26)20-3-2-4-21(25)24(20)30-23/h2-4,6-7,9-10,14,16,19H,5,8,11-13,15H2,1H3. The third-order valence-corrected chi connectivity index (χ3v) is 5.74. The van der Waals surface area contributed by atoms with Crippen LogP contribution in [-0.2, 0) is 9.47 Å². The molecule has 0 aliphatic heterocycles. The number of benzene rings is 2. The summed E-state index contributed by atoms with van der Waals surface area (Å²) in [7, 11) is 1.75. The molecule has 158 valence electrons. The van der Waals surface area contributed by atoms with Crippen molar-refractivity contribution in [1.82, 2.24) is 0 Å². The minimum Gasteiger partial charge on any atom is -0.491 e. The molecular formula is C24H25ClO5. The van der Waals surface area contributed by atoms with Crippen LogP contribution in [0.5, 0.6) is 5.75 Å². The summed E-state index contributed by atoms with van der Waals surface area (Å²) in [4.78, 5) is 12.4. The van der Waals surface area contributed by atoms with Gasteiger partial charge in [-0.3, -0.25) is 4.79 Å². The van der Waals surface area contributed by atoms with Gasteiger partial charge in [0.05, 0.1) is 23.1 Å². The molecule has 1 fully saturated rings. The van der Waals surface area contributed by atoms with Gasteiger partial charge in [-0.05, 0) is 61.6 Å². The molecule has 0 radical (unpaired) electrons. The Morgan fingerprint density at radius 1 is 1.10 bits per heavy atom. The van der Waals surface area contributed by atoms with Crippen LogP contribution in [0.1, 0.15) is 19.3 Å². The van der Waals surface area contributed by atoms with Gasteiger partial charge in [0.15, 0.2) is 11.0 Å². The molecule has 2 atom stereocenters. The van der Waals surface area contributed by atoms with Crippen LogP contribution in [0.2, 0.25) is 5.02 Å². The molecule has 30 heavy (non-hydrogen) atoms. The lowest BCUT2D eigenvalue weighted by molar-refractivity contribution is 0.0328. The topological polar surface area (TPSA) is 57.9 Å². The molecule has 0 saturated heterocycles. The maximum atomic E-state index is 12.4. The van der Waals surface area contributed by atoms with E-state index in [9.17, 15) is 4.79 Å². The van der Waals surface area contributed by atoms with Gasteiger partial charge in [0, 0.05) is 25.3 Å². The van der Waals surface area contributed by atoms with E-state index in [0.717, 1.165) is 37.2 Å². The maximum absolute atomic E-state index is 12.4. The van der Waals surface area contributed by atoms with E-state index in [1.54, 1.807) is 25.3 Å². The predicted molar refractivity (Wildman–Crippen MR) is 117 cm³/mol. The molecule has 1 aliphatic carbocycles. The van der Waals surface area contributed by atoms with Gasteiger partial charge >= 0.3 is 0 Å². The second-order valence-electron chi connectivity index (χ2n) is 7.59. The van der Waals surface area contributed by atoms with Gasteiger partial charge in [-0.25, -0.2) is 0 Å². The summed E-state index contributed by atoms with van der Waals surface area (Å²) in [5.74, 6) is 1.83. The van der Waals surface area contributed by atoms with Crippen molar-refractivity contribution < 1.29 is 18.6 Å². The van der Waals surface area contributed by atoms with Crippen molar-refractivity contribution in [1.29, 1.82) is 0 Å². The van der Waals surface area contributed by atoms with Gasteiger partial charge in [0.1, 0.15) is 18.1 Å². The molecule has 0 amide bonds. The van der Waals surface area contributed by atoms with E-state index in [1.807, 2.05) is 24.3 Å². The normalized spacial score (nSPS) is 18.7. The minimum absolute atomic E-state index is 0.120. The first kappa shape index (κ1) is 20.9. The SMILES string of the molecule is COCC1CCC(OCCOc2ccc(-c3cc(=O)c4cccc(Cl)c4o3)cc2)C1. The molecule has 1 aliphatic rings. The third kappa shape index (κ3) is 4.86. The van der Waals surface area contributed by atoms with Crippen LogP contribution in [0.3, 0.4) is 0 Å². The molecule has 0 bridgehead atoms. The Kier molecular flexibility index (Phi) is 6.72. The summed E-state index contributed by atoms with van der Waals surface area (Å²) in [6, 6.07) is 14.1. The van der Waals surface area contributed by atoms with Crippen molar-refractivity contribution in [2.45, 2.75) is 25.4 Å². The average Bonchev–Trinajstić information content (AvgIpc) is 3.20. The molecule has 1 saturated carbocycles. The first-order valence-electron chi connectivity index (χ1n) is 10.2. The van der Waals surface area contributed by atoms with Crippen molar-refractivity contribution in [2.24, 2.45) is 5.92 Å². The first-order valence-corrected chi connectivity index (χ1v) is 10.6. The zero-order valence-electron chi connectivity index (χ0n) is 16.9. The summed E-state index contributed by atoms with van der Waals surface area (Å²) < 4.78 is 22.8. The van der Waals surface area contributed by atoms with Gasteiger partial charge in [-0.1, -0.05) is 17.7 Å². The molecule has 0 spiro atoms. The summed E-state index contributed by atoms with van der Waals surface area (Å²) in [6.45, 7) is 1.86. The summed E-state index contributed by atoms with van der Waals surface area (Å²) in [5, 5.41) is 0.893. The van der Waals surface area contributed by atoms with Gasteiger partial charge < -0.3 is 18.6 Å². The average molecular weight is 429 g/mol. The molecule has 3 aromatic rings. The van der Waals surface area contributed by atoms with E-state index in [2.05, 4.69) is 0 Å². The molecule has 5 nitrogen and oxygen atoms in total. The first-order chi connectivity index (χ1) is 14.6. The van der Waals surface area contributed by atoms with E-state index < -0.39 is 0 Å². The van der Waals surface area contributed by atoms with Gasteiger partial charge in [0.2, 0.25) is 0 Å². The van der Waals surface area contributed by atoms with Gasteiger partial charge in [-0.2, -0.15) is 0 Å². The number of ether oxygens (including phenoxy) is 3. The Morgan fingerprint density at radius 2 is 1.93 bits per heavy atom. The third-order valence-electron chi connectivity index (χ3n) is 5.45. The maximum Gasteiger partial charge on any atom is 0.193 e. The van der Waals surface area contributed by atoms with Crippen LogP contribution in [0.25, 0.3) is 22.3 Å². The largest absolute Gasteiger partial charge is 0.491 e. The number of para-hydroxylation sites is 1. The zero-order chi connectivity index (χ0) is 20.9. The molecule has 2 aromatic carbocycles. The lowest BCUT2D eigenvalue weighted by atomic mass is 10.1. The van der Waals surface area contributed by atoms with Crippen LogP contribution in [0.4, 0.5) is 0 Å². The Bertz CT molecular complexity index is 1040. The van der Waals surface area contributed by atoms with Crippen molar-refractivity contribution in [3.63, 3.8) is 0 Å². The molecule has 1 aromatic heterocycles. The van der Waals surface area contributed by atoms with Crippen molar-refractivity contribution in [2.75, 3.05) is 26.9 Å². The highest BCUT2D eigenvalue weighted by atomic mass is 35.5. The number of methoxy groups -OCH3 is 1. The van der Waals surface area contributed by atoms with Crippen molar-refractivity contribution in [3.8, 4) is 17.1 Å². The summed E-state index contributed by atoms with van der Waals surface area (Å²) >= 11 is 6.18. The fourth-order valence-electron chi connectivity index (χ4n) is 3.94. The number of halogens is 1. The van der Waals surface area contributed by atoms with E-state index in [1.165, 1.54) is 6.07 Å². The molecule has 1 heterocycles. The Labute approximate surface area is 180 Å². The van der Waals surface area contributed by atoms with E-state index >= 15 is 0 Å². The zero-order valence-corrected chi connectivity index (χ0v) is 17.7. The molecule has 4 rings (SSSR count). The minimum atomic E-state index is -0.120. The number of hydrogen-bond acceptors (Lipinski definition) is 5. The Morgan fingerprint density at radius 3 is 2.73 bits per heavy atom. The van der Waals surface area contributed by atoms with Crippen molar-refractivity contribution >= 4 is 22.6 Å². The van der Waals surface area contributed by atoms with Crippen LogP contribution in [0.15, 0.2) is 57.7 Å². The molecule has 6 heteroatoms. The highest BCUT2D eigenvalue weighted by Crippen LogP contribution is 2.29. The fraction of sp³-hybridized carbons (Fsp3) is 0.375. The molecule has 2 unspecified atom stereocenters. The quantitative estimate of drug-likeness (QED) is 0.454. The monoisotopic (exact) mass is 428 g/mol. The Hall–Kier alpha value is -2.34. The second kappa shape index (κ2) is 9.65. The highest BCUT2D eigenvalue weighted by molar-refractivity contribution is 6.34. The van der Waals surface area contributed by atoms with Crippen LogP contribution in [0, 0.1) is 5.92 Å². The molecular weight excluding hydrogens is 404 g/mol. The van der Waals surface area contributed by atoms with E-state index in [0.29, 0.717) is 47.0 Å². The summed E-state index contributed by atoms with van der Waals surface area (Å²) in [5.41, 5.74) is 1.07. The van der Waals surface area contributed by atoms with Crippen molar-refractivity contribution in [3.05, 3.63) is 63.8 Å². The van der Waals surface area contributed by atoms with Gasteiger partial charge in [-0.15, -0.1) is 0 Å². The number of hydrogen-bond donors (Lipinski definition) is 0. The summed E-state index contributed by atoms with van der Waals surface area (Å²) in [6.07, 6.45) is 3.61. The number of fused-ring (bicyclic) bond motifs is 1. The van der Waals surface area contributed by atoms with Crippen LogP contribution in [-0.4, -0.2) is 33.0 Å². The van der Waals surface area contributed by atoms with Crippen LogP contribution >= 0.6 is 11.6 Å². The number of rotatable bonds is 8. The van der Waals surface area contributed by atoms with Crippen LogP contribution < -0.4 is 10.2 Å². The Balaban J connectivity index is 1.33.